The van der Waals surface area contributed by atoms with Crippen molar-refractivity contribution in [1.82, 2.24) is 15.0 Å². The van der Waals surface area contributed by atoms with Crippen molar-refractivity contribution in [2.45, 2.75) is 95.5 Å². The number of aromatic nitrogens is 3. The third-order valence-corrected chi connectivity index (χ3v) is 15.5. The molecule has 1 unspecified atom stereocenters. The molecule has 2 fully saturated rings. The molecule has 3 aliphatic rings. The summed E-state index contributed by atoms with van der Waals surface area (Å²) in [7, 11) is 0.556. The number of unbranched alkanes of at least 4 members (excludes halogenated alkanes) is 1. The second-order valence-electron chi connectivity index (χ2n) is 14.6. The van der Waals surface area contributed by atoms with E-state index in [4.69, 9.17) is 18.9 Å². The molecule has 2 saturated heterocycles. The molecule has 2 amide bonds. The highest BCUT2D eigenvalue weighted by Crippen LogP contribution is 2.60. The molecular formula is C38H49N5O9Si. The van der Waals surface area contributed by atoms with E-state index in [9.17, 15) is 19.5 Å². The zero-order valence-corrected chi connectivity index (χ0v) is 32.2. The quantitative estimate of drug-likeness (QED) is 0.105. The molecule has 6 rings (SSSR count). The predicted octanol–water partition coefficient (Wildman–Crippen LogP) is 3.44. The molecule has 53 heavy (non-hydrogen) atoms. The summed E-state index contributed by atoms with van der Waals surface area (Å²) in [5.41, 5.74) is 1.14. The Morgan fingerprint density at radius 2 is 1.83 bits per heavy atom. The molecule has 5 atom stereocenters. The van der Waals surface area contributed by atoms with Crippen molar-refractivity contribution in [3.63, 3.8) is 0 Å². The highest BCUT2D eigenvalue weighted by Gasteiger charge is 2.66. The summed E-state index contributed by atoms with van der Waals surface area (Å²) in [4.78, 5) is 55.0. The van der Waals surface area contributed by atoms with Gasteiger partial charge >= 0.3 is 11.9 Å². The number of fused-ring (bicyclic) bond motifs is 2. The largest absolute Gasteiger partial charge is 0.497 e. The van der Waals surface area contributed by atoms with Crippen molar-refractivity contribution >= 4 is 48.4 Å². The Morgan fingerprint density at radius 3 is 2.49 bits per heavy atom. The maximum absolute atomic E-state index is 15.1. The number of amides is 2. The molecular weight excluding hydrogens is 699 g/mol. The number of esters is 2. The molecule has 15 heteroatoms. The van der Waals surface area contributed by atoms with Crippen molar-refractivity contribution in [2.75, 3.05) is 37.2 Å². The van der Waals surface area contributed by atoms with E-state index in [-0.39, 0.29) is 54.8 Å². The predicted molar refractivity (Wildman–Crippen MR) is 197 cm³/mol. The van der Waals surface area contributed by atoms with Crippen LogP contribution < -0.4 is 19.7 Å². The number of aliphatic hydroxyl groups is 1. The Bertz CT molecular complexity index is 1850. The second kappa shape index (κ2) is 15.4. The minimum atomic E-state index is -2.44. The third-order valence-electron chi connectivity index (χ3n) is 11.1. The zero-order valence-electron chi connectivity index (χ0n) is 31.2. The highest BCUT2D eigenvalue weighted by molar-refractivity contribution is 6.91. The Morgan fingerprint density at radius 1 is 1.08 bits per heavy atom. The van der Waals surface area contributed by atoms with Gasteiger partial charge in [0.15, 0.2) is 11.8 Å². The number of aliphatic hydroxyl groups excluding tert-OH is 1. The number of hydrogen-bond acceptors (Lipinski definition) is 11. The molecule has 0 aliphatic carbocycles. The highest BCUT2D eigenvalue weighted by atomic mass is 28.3. The van der Waals surface area contributed by atoms with E-state index in [1.165, 1.54) is 24.1 Å². The minimum Gasteiger partial charge on any atom is -0.497 e. The molecule has 3 aliphatic heterocycles. The fourth-order valence-electron chi connectivity index (χ4n) is 8.50. The van der Waals surface area contributed by atoms with Crippen LogP contribution in [-0.4, -0.2) is 91.6 Å². The number of benzene rings is 2. The lowest BCUT2D eigenvalue weighted by atomic mass is 9.82. The Balaban J connectivity index is 1.42. The van der Waals surface area contributed by atoms with Gasteiger partial charge in [0.05, 0.1) is 46.2 Å². The lowest BCUT2D eigenvalue weighted by Crippen LogP contribution is -2.55. The zero-order chi connectivity index (χ0) is 38.1. The van der Waals surface area contributed by atoms with Crippen LogP contribution >= 0.6 is 0 Å². The maximum atomic E-state index is 15.1. The van der Waals surface area contributed by atoms with Crippen LogP contribution in [0.5, 0.6) is 5.75 Å². The smallest absolute Gasteiger partial charge is 0.305 e. The van der Waals surface area contributed by atoms with Crippen molar-refractivity contribution in [3.05, 3.63) is 59.9 Å². The van der Waals surface area contributed by atoms with Gasteiger partial charge in [-0.05, 0) is 55.1 Å². The van der Waals surface area contributed by atoms with Crippen LogP contribution in [0.1, 0.15) is 57.2 Å². The van der Waals surface area contributed by atoms with Crippen LogP contribution in [0.25, 0.3) is 0 Å². The van der Waals surface area contributed by atoms with Gasteiger partial charge in [0.25, 0.3) is 5.91 Å². The summed E-state index contributed by atoms with van der Waals surface area (Å²) in [6.45, 7) is 8.85. The number of carbonyl (C=O) groups excluding carboxylic acids is 4. The first-order valence-electron chi connectivity index (χ1n) is 18.2. The number of nitrogens with zero attached hydrogens (tertiary/aromatic N) is 5. The number of ether oxygens (including phenoxy) is 4. The fraction of sp³-hybridized carbons (Fsp3) is 0.526. The van der Waals surface area contributed by atoms with Crippen LogP contribution in [0, 0.1) is 5.92 Å². The van der Waals surface area contributed by atoms with E-state index in [1.54, 1.807) is 22.8 Å². The summed E-state index contributed by atoms with van der Waals surface area (Å²) < 4.78 is 24.7. The molecule has 4 heterocycles. The summed E-state index contributed by atoms with van der Waals surface area (Å²) in [6, 6.07) is 13.6. The number of carbonyl (C=O) groups is 4. The van der Waals surface area contributed by atoms with Crippen molar-refractivity contribution in [1.29, 1.82) is 0 Å². The van der Waals surface area contributed by atoms with E-state index in [2.05, 4.69) is 42.5 Å². The van der Waals surface area contributed by atoms with Crippen molar-refractivity contribution < 1.29 is 43.2 Å². The first kappa shape index (κ1) is 38.1. The molecule has 1 spiro atoms. The normalized spacial score (nSPS) is 23.7. The number of anilines is 2. The SMILES string of the molecule is COC(=O)CCCCN1C(=O)[C@]2(O[C@H](CCn3cc(CCO)nn3)[C@@H]([Si](C)(C)c3ccc(OC)cc3)[C@@H]2C)c2cc(N3C(=O)CC3OC(C)=O)ccc21. The Hall–Kier alpha value is -4.60. The van der Waals surface area contributed by atoms with Gasteiger partial charge in [-0.1, -0.05) is 42.6 Å². The third kappa shape index (κ3) is 7.09. The van der Waals surface area contributed by atoms with Gasteiger partial charge in [-0.25, -0.2) is 0 Å². The van der Waals surface area contributed by atoms with E-state index < -0.39 is 25.9 Å². The summed E-state index contributed by atoms with van der Waals surface area (Å²) in [6.07, 6.45) is 3.10. The Kier molecular flexibility index (Phi) is 11.1. The fourth-order valence-corrected chi connectivity index (χ4v) is 12.6. The molecule has 0 radical (unpaired) electrons. The van der Waals surface area contributed by atoms with Gasteiger partial charge in [-0.3, -0.25) is 28.8 Å². The molecule has 0 saturated carbocycles. The molecule has 3 aromatic rings. The lowest BCUT2D eigenvalue weighted by molar-refractivity contribution is -0.154. The summed E-state index contributed by atoms with van der Waals surface area (Å²) in [5, 5.41) is 19.1. The second-order valence-corrected chi connectivity index (χ2v) is 19.3. The monoisotopic (exact) mass is 747 g/mol. The van der Waals surface area contributed by atoms with Gasteiger partial charge in [0.1, 0.15) is 5.75 Å². The lowest BCUT2D eigenvalue weighted by Gasteiger charge is -2.39. The van der Waals surface area contributed by atoms with Crippen LogP contribution in [-0.2, 0) is 52.0 Å². The first-order chi connectivity index (χ1) is 25.3. The van der Waals surface area contributed by atoms with Gasteiger partial charge in [-0.2, -0.15) is 0 Å². The van der Waals surface area contributed by atoms with Gasteiger partial charge in [-0.15, -0.1) is 5.10 Å². The van der Waals surface area contributed by atoms with E-state index in [0.717, 1.165) is 5.75 Å². The number of rotatable bonds is 15. The van der Waals surface area contributed by atoms with Gasteiger partial charge < -0.3 is 29.0 Å². The van der Waals surface area contributed by atoms with Gasteiger partial charge in [0, 0.05) is 62.8 Å². The van der Waals surface area contributed by atoms with Gasteiger partial charge in [0.2, 0.25) is 5.91 Å². The average molecular weight is 748 g/mol. The molecule has 284 valence electrons. The molecule has 0 bridgehead atoms. The Labute approximate surface area is 310 Å². The summed E-state index contributed by atoms with van der Waals surface area (Å²) in [5.74, 6) is -0.698. The average Bonchev–Trinajstić information content (AvgIpc) is 3.78. The summed E-state index contributed by atoms with van der Waals surface area (Å²) >= 11 is 0. The number of aryl methyl sites for hydroxylation is 1. The van der Waals surface area contributed by atoms with E-state index in [1.807, 2.05) is 30.5 Å². The topological polar surface area (TPSA) is 163 Å². The minimum absolute atomic E-state index is 0.0263. The van der Waals surface area contributed by atoms with Crippen molar-refractivity contribution in [3.8, 4) is 5.75 Å². The number of methoxy groups -OCH3 is 2. The molecule has 14 nitrogen and oxygen atoms in total. The van der Waals surface area contributed by atoms with Crippen LogP contribution in [0.3, 0.4) is 0 Å². The van der Waals surface area contributed by atoms with E-state index in [0.29, 0.717) is 61.4 Å². The standard InChI is InChI=1S/C38H49N5O9Si/c1-24-36(53(5,6)29-13-11-28(49-3)12-14-29)32(16-19-41-23-26(17-20-44)39-40-41)52-38(24)30-21-27(43-33(46)22-34(43)51-25(2)45)10-15-31(30)42(37(38)48)18-8-7-9-35(47)50-4/h10-15,21,23-24,32,34,36,44H,7-9,16-20,22H2,1-6H3/t24-,32+,34?,36-,38+/m0/s1. The van der Waals surface area contributed by atoms with Crippen LogP contribution in [0.15, 0.2) is 48.7 Å². The van der Waals surface area contributed by atoms with Crippen LogP contribution in [0.4, 0.5) is 11.4 Å². The first-order valence-corrected chi connectivity index (χ1v) is 21.3. The number of β-lactam (4-membered cyclic amide) rings is 1. The maximum Gasteiger partial charge on any atom is 0.305 e. The molecule has 1 N–H and O–H groups in total. The van der Waals surface area contributed by atoms with Crippen molar-refractivity contribution in [2.24, 2.45) is 5.92 Å². The van der Waals surface area contributed by atoms with Crippen LogP contribution in [0.2, 0.25) is 18.6 Å². The van der Waals surface area contributed by atoms with E-state index >= 15 is 4.79 Å². The molecule has 1 aromatic heterocycles. The molecule has 2 aromatic carbocycles. The number of hydrogen-bond donors (Lipinski definition) is 1.